The van der Waals surface area contributed by atoms with Crippen LogP contribution in [0.1, 0.15) is 39.0 Å². The van der Waals surface area contributed by atoms with Crippen molar-refractivity contribution in [3.8, 4) is 0 Å². The Kier molecular flexibility index (Phi) is 5.38. The van der Waals surface area contributed by atoms with Crippen molar-refractivity contribution in [1.82, 2.24) is 0 Å². The number of nitrogens with one attached hydrogen (secondary N) is 2. The lowest BCUT2D eigenvalue weighted by molar-refractivity contribution is 0.317. The first-order valence-electron chi connectivity index (χ1n) is 7.43. The Morgan fingerprint density at radius 3 is 2.67 bits per heavy atom. The number of benzene rings is 1. The van der Waals surface area contributed by atoms with Gasteiger partial charge in [0.25, 0.3) is 0 Å². The summed E-state index contributed by atoms with van der Waals surface area (Å²) in [4.78, 5) is 0. The fourth-order valence-corrected chi connectivity index (χ4v) is 3.73. The third kappa shape index (κ3) is 4.78. The van der Waals surface area contributed by atoms with Crippen LogP contribution < -0.4 is 10.0 Å². The van der Waals surface area contributed by atoms with E-state index in [4.69, 9.17) is 11.6 Å². The van der Waals surface area contributed by atoms with Crippen molar-refractivity contribution in [3.63, 3.8) is 0 Å². The molecule has 0 heterocycles. The predicted octanol–water partition coefficient (Wildman–Crippen LogP) is 4.09. The summed E-state index contributed by atoms with van der Waals surface area (Å²) in [5.41, 5.74) is 1.34. The molecule has 118 valence electrons. The van der Waals surface area contributed by atoms with Crippen LogP contribution >= 0.6 is 11.6 Å². The highest BCUT2D eigenvalue weighted by molar-refractivity contribution is 7.92. The van der Waals surface area contributed by atoms with Crippen LogP contribution in [0.3, 0.4) is 0 Å². The molecule has 0 bridgehead atoms. The van der Waals surface area contributed by atoms with Crippen LogP contribution in [-0.4, -0.2) is 20.7 Å². The van der Waals surface area contributed by atoms with Gasteiger partial charge in [0, 0.05) is 6.04 Å². The van der Waals surface area contributed by atoms with E-state index in [0.717, 1.165) is 24.8 Å². The molecule has 0 spiro atoms. The number of hydrogen-bond acceptors (Lipinski definition) is 3. The Balaban J connectivity index is 2.16. The summed E-state index contributed by atoms with van der Waals surface area (Å²) in [6.45, 7) is 2.22. The van der Waals surface area contributed by atoms with Crippen molar-refractivity contribution < 1.29 is 8.42 Å². The minimum Gasteiger partial charge on any atom is -0.381 e. The maximum Gasteiger partial charge on any atom is 0.229 e. The van der Waals surface area contributed by atoms with Gasteiger partial charge in [-0.05, 0) is 37.0 Å². The zero-order valence-electron chi connectivity index (χ0n) is 12.5. The highest BCUT2D eigenvalue weighted by Gasteiger charge is 2.24. The first-order chi connectivity index (χ1) is 9.89. The third-order valence-electron chi connectivity index (χ3n) is 4.04. The van der Waals surface area contributed by atoms with Crippen molar-refractivity contribution in [2.45, 2.75) is 45.1 Å². The molecule has 2 N–H and O–H groups in total. The molecular weight excluding hydrogens is 308 g/mol. The van der Waals surface area contributed by atoms with Crippen molar-refractivity contribution in [2.75, 3.05) is 16.3 Å². The van der Waals surface area contributed by atoms with Gasteiger partial charge >= 0.3 is 0 Å². The van der Waals surface area contributed by atoms with Gasteiger partial charge in [0.05, 0.1) is 22.7 Å². The fourth-order valence-electron chi connectivity index (χ4n) is 3.00. The van der Waals surface area contributed by atoms with Crippen LogP contribution in [0.25, 0.3) is 0 Å². The van der Waals surface area contributed by atoms with Gasteiger partial charge in [-0.1, -0.05) is 37.8 Å². The minimum atomic E-state index is -3.28. The summed E-state index contributed by atoms with van der Waals surface area (Å²) in [5, 5.41) is 4.13. The van der Waals surface area contributed by atoms with Crippen LogP contribution in [0.4, 0.5) is 11.4 Å². The van der Waals surface area contributed by atoms with E-state index in [0.29, 0.717) is 22.7 Å². The van der Waals surface area contributed by atoms with E-state index < -0.39 is 10.0 Å². The average molecular weight is 331 g/mol. The Morgan fingerprint density at radius 2 is 2.00 bits per heavy atom. The van der Waals surface area contributed by atoms with E-state index in [1.165, 1.54) is 19.3 Å². The molecule has 1 aromatic carbocycles. The molecule has 1 saturated carbocycles. The molecule has 1 fully saturated rings. The Labute approximate surface area is 132 Å². The maximum absolute atomic E-state index is 11.3. The van der Waals surface area contributed by atoms with Crippen LogP contribution in [-0.2, 0) is 10.0 Å². The molecule has 0 amide bonds. The second kappa shape index (κ2) is 6.88. The molecule has 1 aromatic rings. The number of sulfonamides is 1. The molecule has 1 aliphatic carbocycles. The second-order valence-electron chi connectivity index (χ2n) is 5.77. The quantitative estimate of drug-likeness (QED) is 0.854. The second-order valence-corrected chi connectivity index (χ2v) is 7.93. The van der Waals surface area contributed by atoms with Crippen LogP contribution in [0.2, 0.25) is 5.02 Å². The average Bonchev–Trinajstić information content (AvgIpc) is 2.41. The lowest BCUT2D eigenvalue weighted by Crippen LogP contribution is -2.31. The largest absolute Gasteiger partial charge is 0.381 e. The van der Waals surface area contributed by atoms with E-state index in [-0.39, 0.29) is 0 Å². The lowest BCUT2D eigenvalue weighted by Gasteiger charge is -2.32. The summed E-state index contributed by atoms with van der Waals surface area (Å²) in [7, 11) is -3.28. The summed E-state index contributed by atoms with van der Waals surface area (Å²) >= 11 is 6.24. The van der Waals surface area contributed by atoms with Crippen molar-refractivity contribution >= 4 is 33.0 Å². The maximum atomic E-state index is 11.3. The van der Waals surface area contributed by atoms with Gasteiger partial charge in [0.15, 0.2) is 0 Å². The smallest absolute Gasteiger partial charge is 0.229 e. The molecule has 0 radical (unpaired) electrons. The highest BCUT2D eigenvalue weighted by atomic mass is 35.5. The molecule has 2 unspecified atom stereocenters. The van der Waals surface area contributed by atoms with E-state index in [9.17, 15) is 8.42 Å². The zero-order chi connectivity index (χ0) is 15.5. The molecule has 1 aliphatic rings. The minimum absolute atomic E-state index is 0.412. The fraction of sp³-hybridized carbons (Fsp3) is 0.600. The van der Waals surface area contributed by atoms with Gasteiger partial charge in [-0.2, -0.15) is 0 Å². The molecule has 0 aromatic heterocycles. The van der Waals surface area contributed by atoms with Crippen molar-refractivity contribution in [2.24, 2.45) is 5.92 Å². The van der Waals surface area contributed by atoms with Gasteiger partial charge in [-0.25, -0.2) is 8.42 Å². The normalized spacial score (nSPS) is 22.8. The van der Waals surface area contributed by atoms with Crippen LogP contribution in [0.5, 0.6) is 0 Å². The molecule has 4 nitrogen and oxygen atoms in total. The van der Waals surface area contributed by atoms with E-state index in [1.54, 1.807) is 18.2 Å². The van der Waals surface area contributed by atoms with Gasteiger partial charge in [0.1, 0.15) is 0 Å². The number of anilines is 2. The van der Waals surface area contributed by atoms with Gasteiger partial charge in [-0.3, -0.25) is 4.72 Å². The standard InChI is InChI=1S/C15H23ClN2O2S/c1-3-11-6-4-5-7-14(11)17-15-10-12(8-9-13(15)16)18-21(2,19)20/h8-11,14,17-18H,3-7H2,1-2H3. The van der Waals surface area contributed by atoms with E-state index in [1.807, 2.05) is 0 Å². The van der Waals surface area contributed by atoms with Gasteiger partial charge < -0.3 is 5.32 Å². The molecule has 2 rings (SSSR count). The molecule has 6 heteroatoms. The summed E-state index contributed by atoms with van der Waals surface area (Å²) in [6, 6.07) is 5.58. The van der Waals surface area contributed by atoms with E-state index in [2.05, 4.69) is 17.0 Å². The molecule has 0 saturated heterocycles. The molecule has 2 atom stereocenters. The van der Waals surface area contributed by atoms with Gasteiger partial charge in [-0.15, -0.1) is 0 Å². The molecular formula is C15H23ClN2O2S. The first-order valence-corrected chi connectivity index (χ1v) is 9.70. The first kappa shape index (κ1) is 16.4. The van der Waals surface area contributed by atoms with Crippen LogP contribution in [0, 0.1) is 5.92 Å². The van der Waals surface area contributed by atoms with E-state index >= 15 is 0 Å². The number of rotatable bonds is 5. The number of halogens is 1. The topological polar surface area (TPSA) is 58.2 Å². The Hall–Kier alpha value is -0.940. The molecule has 0 aliphatic heterocycles. The monoisotopic (exact) mass is 330 g/mol. The summed E-state index contributed by atoms with van der Waals surface area (Å²) < 4.78 is 25.1. The van der Waals surface area contributed by atoms with Crippen molar-refractivity contribution in [1.29, 1.82) is 0 Å². The zero-order valence-corrected chi connectivity index (χ0v) is 14.1. The summed E-state index contributed by atoms with van der Waals surface area (Å²) in [5.74, 6) is 0.654. The third-order valence-corrected chi connectivity index (χ3v) is 4.98. The SMILES string of the molecule is CCC1CCCCC1Nc1cc(NS(C)(=O)=O)ccc1Cl. The summed E-state index contributed by atoms with van der Waals surface area (Å²) in [6.07, 6.45) is 7.19. The highest BCUT2D eigenvalue weighted by Crippen LogP contribution is 2.33. The Morgan fingerprint density at radius 1 is 1.29 bits per heavy atom. The number of hydrogen-bond donors (Lipinski definition) is 2. The van der Waals surface area contributed by atoms with Crippen LogP contribution in [0.15, 0.2) is 18.2 Å². The van der Waals surface area contributed by atoms with Crippen molar-refractivity contribution in [3.05, 3.63) is 23.2 Å². The lowest BCUT2D eigenvalue weighted by atomic mass is 9.83. The van der Waals surface area contributed by atoms with Gasteiger partial charge in [0.2, 0.25) is 10.0 Å². The predicted molar refractivity (Wildman–Crippen MR) is 89.6 cm³/mol. The molecule has 21 heavy (non-hydrogen) atoms. The Bertz CT molecular complexity index is 589.